The monoisotopic (exact) mass is 412 g/mol. The maximum atomic E-state index is 12.9. The van der Waals surface area contributed by atoms with Crippen LogP contribution in [0.2, 0.25) is 5.02 Å². The van der Waals surface area contributed by atoms with Crippen LogP contribution in [0.1, 0.15) is 30.1 Å². The van der Waals surface area contributed by atoms with Crippen LogP contribution in [0.25, 0.3) is 17.0 Å². The van der Waals surface area contributed by atoms with Crippen molar-refractivity contribution in [1.29, 1.82) is 0 Å². The molecule has 0 radical (unpaired) electrons. The minimum Gasteiger partial charge on any atom is -0.466 e. The maximum Gasteiger partial charge on any atom is 0.309 e. The number of piperidine rings is 1. The zero-order valence-electron chi connectivity index (χ0n) is 16.0. The SMILES string of the molecule is CCOC(=O)C1CCN(C(=O)c2ccn3c(-c4cccc(Cl)c4)nnc3c2)CC1. The van der Waals surface area contributed by atoms with Crippen LogP contribution >= 0.6 is 11.6 Å². The van der Waals surface area contributed by atoms with Gasteiger partial charge >= 0.3 is 5.97 Å². The van der Waals surface area contributed by atoms with Crippen molar-refractivity contribution in [1.82, 2.24) is 19.5 Å². The van der Waals surface area contributed by atoms with Crippen molar-refractivity contribution in [3.05, 3.63) is 53.2 Å². The van der Waals surface area contributed by atoms with E-state index < -0.39 is 0 Å². The number of aromatic nitrogens is 3. The lowest BCUT2D eigenvalue weighted by atomic mass is 9.96. The second kappa shape index (κ2) is 8.21. The number of hydrogen-bond acceptors (Lipinski definition) is 5. The second-order valence-corrected chi connectivity index (χ2v) is 7.43. The van der Waals surface area contributed by atoms with Crippen LogP contribution in [-0.2, 0) is 9.53 Å². The van der Waals surface area contributed by atoms with E-state index in [9.17, 15) is 9.59 Å². The molecule has 0 N–H and O–H groups in total. The van der Waals surface area contributed by atoms with Gasteiger partial charge in [0.2, 0.25) is 0 Å². The average Bonchev–Trinajstić information content (AvgIpc) is 3.17. The Morgan fingerprint density at radius 2 is 1.97 bits per heavy atom. The third-order valence-electron chi connectivity index (χ3n) is 5.14. The smallest absolute Gasteiger partial charge is 0.309 e. The lowest BCUT2D eigenvalue weighted by molar-refractivity contribution is -0.149. The van der Waals surface area contributed by atoms with Crippen LogP contribution in [0.15, 0.2) is 42.6 Å². The fraction of sp³-hybridized carbons (Fsp3) is 0.333. The Bertz CT molecular complexity index is 1060. The molecule has 150 valence electrons. The summed E-state index contributed by atoms with van der Waals surface area (Å²) in [6.45, 7) is 3.25. The van der Waals surface area contributed by atoms with E-state index in [0.717, 1.165) is 5.56 Å². The number of hydrogen-bond donors (Lipinski definition) is 0. The standard InChI is InChI=1S/C21H21ClN4O3/c1-2-29-21(28)14-6-9-25(10-7-14)20(27)16-8-11-26-18(13-16)23-24-19(26)15-4-3-5-17(22)12-15/h3-5,8,11-14H,2,6-7,9-10H2,1H3. The summed E-state index contributed by atoms with van der Waals surface area (Å²) in [5.41, 5.74) is 1.99. The fourth-order valence-corrected chi connectivity index (χ4v) is 3.80. The van der Waals surface area contributed by atoms with Gasteiger partial charge in [-0.1, -0.05) is 23.7 Å². The number of nitrogens with zero attached hydrogens (tertiary/aromatic N) is 4. The largest absolute Gasteiger partial charge is 0.466 e. The number of pyridine rings is 1. The van der Waals surface area contributed by atoms with Gasteiger partial charge in [0.05, 0.1) is 12.5 Å². The highest BCUT2D eigenvalue weighted by atomic mass is 35.5. The van der Waals surface area contributed by atoms with Crippen molar-refractivity contribution in [3.8, 4) is 11.4 Å². The van der Waals surface area contributed by atoms with Crippen LogP contribution in [0, 0.1) is 5.92 Å². The zero-order chi connectivity index (χ0) is 20.4. The quantitative estimate of drug-likeness (QED) is 0.613. The molecule has 3 heterocycles. The van der Waals surface area contributed by atoms with Crippen LogP contribution in [-0.4, -0.2) is 51.1 Å². The van der Waals surface area contributed by atoms with Crippen molar-refractivity contribution in [2.75, 3.05) is 19.7 Å². The molecule has 0 saturated carbocycles. The molecule has 29 heavy (non-hydrogen) atoms. The van der Waals surface area contributed by atoms with Gasteiger partial charge in [0, 0.05) is 35.4 Å². The molecule has 0 spiro atoms. The van der Waals surface area contributed by atoms with Gasteiger partial charge in [-0.05, 0) is 44.0 Å². The number of likely N-dealkylation sites (tertiary alicyclic amines) is 1. The molecule has 3 aromatic rings. The van der Waals surface area contributed by atoms with Crippen LogP contribution in [0.3, 0.4) is 0 Å². The molecule has 1 aliphatic heterocycles. The zero-order valence-corrected chi connectivity index (χ0v) is 16.8. The van der Waals surface area contributed by atoms with Gasteiger partial charge in [-0.15, -0.1) is 10.2 Å². The summed E-state index contributed by atoms with van der Waals surface area (Å²) in [5.74, 6) is 0.301. The average molecular weight is 413 g/mol. The predicted octanol–water partition coefficient (Wildman–Crippen LogP) is 3.47. The Balaban J connectivity index is 1.50. The molecule has 7 nitrogen and oxygen atoms in total. The first-order valence-electron chi connectivity index (χ1n) is 9.63. The number of esters is 1. The van der Waals surface area contributed by atoms with Gasteiger partial charge < -0.3 is 9.64 Å². The molecule has 8 heteroatoms. The minimum absolute atomic E-state index is 0.0675. The van der Waals surface area contributed by atoms with E-state index in [1.54, 1.807) is 36.2 Å². The highest BCUT2D eigenvalue weighted by molar-refractivity contribution is 6.30. The Morgan fingerprint density at radius 1 is 1.17 bits per heavy atom. The first-order valence-corrected chi connectivity index (χ1v) is 10.0. The molecule has 1 saturated heterocycles. The van der Waals surface area contributed by atoms with Crippen LogP contribution in [0.4, 0.5) is 0 Å². The van der Waals surface area contributed by atoms with E-state index in [0.29, 0.717) is 54.6 Å². The van der Waals surface area contributed by atoms with Crippen molar-refractivity contribution in [2.24, 2.45) is 5.92 Å². The number of amides is 1. The topological polar surface area (TPSA) is 76.8 Å². The molecule has 0 aliphatic carbocycles. The number of fused-ring (bicyclic) bond motifs is 1. The van der Waals surface area contributed by atoms with E-state index >= 15 is 0 Å². The highest BCUT2D eigenvalue weighted by Crippen LogP contribution is 2.24. The molecular weight excluding hydrogens is 392 g/mol. The molecule has 4 rings (SSSR count). The molecular formula is C21H21ClN4O3. The summed E-state index contributed by atoms with van der Waals surface area (Å²) in [6.07, 6.45) is 3.04. The van der Waals surface area contributed by atoms with E-state index in [-0.39, 0.29) is 17.8 Å². The van der Waals surface area contributed by atoms with E-state index in [4.69, 9.17) is 16.3 Å². The number of carbonyl (C=O) groups is 2. The van der Waals surface area contributed by atoms with E-state index in [1.807, 2.05) is 22.6 Å². The number of benzene rings is 1. The summed E-state index contributed by atoms with van der Waals surface area (Å²) in [7, 11) is 0. The molecule has 1 amide bonds. The summed E-state index contributed by atoms with van der Waals surface area (Å²) >= 11 is 6.08. The number of carbonyl (C=O) groups excluding carboxylic acids is 2. The highest BCUT2D eigenvalue weighted by Gasteiger charge is 2.28. The van der Waals surface area contributed by atoms with Crippen molar-refractivity contribution in [2.45, 2.75) is 19.8 Å². The third-order valence-corrected chi connectivity index (χ3v) is 5.38. The first kappa shape index (κ1) is 19.4. The van der Waals surface area contributed by atoms with E-state index in [1.165, 1.54) is 0 Å². The van der Waals surface area contributed by atoms with Crippen molar-refractivity contribution in [3.63, 3.8) is 0 Å². The molecule has 1 aliphatic rings. The van der Waals surface area contributed by atoms with Crippen molar-refractivity contribution >= 4 is 29.1 Å². The summed E-state index contributed by atoms with van der Waals surface area (Å²) in [6, 6.07) is 10.9. The van der Waals surface area contributed by atoms with Gasteiger partial charge in [0.15, 0.2) is 11.5 Å². The van der Waals surface area contributed by atoms with Gasteiger partial charge in [0.1, 0.15) is 0 Å². The van der Waals surface area contributed by atoms with Gasteiger partial charge in [-0.3, -0.25) is 14.0 Å². The lowest BCUT2D eigenvalue weighted by Gasteiger charge is -2.30. The Labute approximate surface area is 173 Å². The third kappa shape index (κ3) is 3.96. The number of halogens is 1. The van der Waals surface area contributed by atoms with Gasteiger partial charge in [0.25, 0.3) is 5.91 Å². The minimum atomic E-state index is -0.168. The number of rotatable bonds is 4. The van der Waals surface area contributed by atoms with Crippen LogP contribution < -0.4 is 0 Å². The Kier molecular flexibility index (Phi) is 5.49. The molecule has 2 aromatic heterocycles. The molecule has 0 unspecified atom stereocenters. The summed E-state index contributed by atoms with van der Waals surface area (Å²) in [4.78, 5) is 26.6. The maximum absolute atomic E-state index is 12.9. The molecule has 0 atom stereocenters. The Hall–Kier alpha value is -2.93. The van der Waals surface area contributed by atoms with Gasteiger partial charge in [-0.25, -0.2) is 0 Å². The second-order valence-electron chi connectivity index (χ2n) is 7.00. The Morgan fingerprint density at radius 3 is 2.69 bits per heavy atom. The normalized spacial score (nSPS) is 14.9. The number of ether oxygens (including phenoxy) is 1. The van der Waals surface area contributed by atoms with Crippen molar-refractivity contribution < 1.29 is 14.3 Å². The first-order chi connectivity index (χ1) is 14.1. The molecule has 0 bridgehead atoms. The lowest BCUT2D eigenvalue weighted by Crippen LogP contribution is -2.40. The molecule has 1 aromatic carbocycles. The molecule has 1 fully saturated rings. The summed E-state index contributed by atoms with van der Waals surface area (Å²) in [5, 5.41) is 9.07. The fourth-order valence-electron chi connectivity index (χ4n) is 3.61. The van der Waals surface area contributed by atoms with Gasteiger partial charge in [-0.2, -0.15) is 0 Å². The summed E-state index contributed by atoms with van der Waals surface area (Å²) < 4.78 is 6.92. The van der Waals surface area contributed by atoms with E-state index in [2.05, 4.69) is 10.2 Å². The van der Waals surface area contributed by atoms with Crippen LogP contribution in [0.5, 0.6) is 0 Å². The predicted molar refractivity (Wildman–Crippen MR) is 109 cm³/mol.